The summed E-state index contributed by atoms with van der Waals surface area (Å²) < 4.78 is 2.29. The molecule has 0 saturated carbocycles. The number of nitrogens with one attached hydrogen (secondary N) is 1. The normalized spacial score (nSPS) is 10.9. The van der Waals surface area contributed by atoms with Crippen molar-refractivity contribution in [3.05, 3.63) is 91.7 Å². The van der Waals surface area contributed by atoms with Crippen LogP contribution in [0.25, 0.3) is 0 Å². The van der Waals surface area contributed by atoms with Crippen molar-refractivity contribution in [2.24, 2.45) is 5.10 Å². The quantitative estimate of drug-likeness (QED) is 0.358. The van der Waals surface area contributed by atoms with Crippen LogP contribution in [-0.2, 0) is 6.54 Å². The molecular weight excluding hydrogens is 426 g/mol. The SMILES string of the molecule is Cc1ccccc1/C=N/NC(=O)c1nn(Cc2ccc(Br)cc2)cc1[N+](=O)[O-]. The zero-order valence-electron chi connectivity index (χ0n) is 14.9. The molecule has 9 heteroatoms. The Balaban J connectivity index is 1.77. The van der Waals surface area contributed by atoms with Crippen LogP contribution in [0.4, 0.5) is 5.69 Å². The van der Waals surface area contributed by atoms with Crippen molar-refractivity contribution in [3.8, 4) is 0 Å². The van der Waals surface area contributed by atoms with Gasteiger partial charge in [0.2, 0.25) is 5.69 Å². The molecule has 28 heavy (non-hydrogen) atoms. The van der Waals surface area contributed by atoms with Gasteiger partial charge in [-0.15, -0.1) is 0 Å². The zero-order chi connectivity index (χ0) is 20.1. The first-order valence-corrected chi connectivity index (χ1v) is 9.08. The van der Waals surface area contributed by atoms with Crippen molar-refractivity contribution < 1.29 is 9.72 Å². The fourth-order valence-electron chi connectivity index (χ4n) is 2.51. The zero-order valence-corrected chi connectivity index (χ0v) is 16.5. The molecule has 8 nitrogen and oxygen atoms in total. The standard InChI is InChI=1S/C19H16BrN5O3/c1-13-4-2-3-5-15(13)10-21-22-19(26)18-17(25(27)28)12-24(23-18)11-14-6-8-16(20)9-7-14/h2-10,12H,11H2,1H3,(H,22,26)/b21-10+. The minimum Gasteiger partial charge on any atom is -0.265 e. The maximum absolute atomic E-state index is 12.3. The van der Waals surface area contributed by atoms with Crippen LogP contribution in [0, 0.1) is 17.0 Å². The Morgan fingerprint density at radius 1 is 1.29 bits per heavy atom. The third-order valence-corrected chi connectivity index (χ3v) is 4.50. The molecule has 1 heterocycles. The predicted octanol–water partition coefficient (Wildman–Crippen LogP) is 3.67. The molecule has 0 unspecified atom stereocenters. The van der Waals surface area contributed by atoms with Gasteiger partial charge in [-0.1, -0.05) is 52.3 Å². The van der Waals surface area contributed by atoms with Gasteiger partial charge in [0.15, 0.2) is 0 Å². The molecule has 0 aliphatic heterocycles. The molecule has 3 rings (SSSR count). The number of hydrazone groups is 1. The number of benzene rings is 2. The second-order valence-electron chi connectivity index (χ2n) is 6.00. The molecule has 0 aliphatic rings. The Kier molecular flexibility index (Phi) is 5.95. The van der Waals surface area contributed by atoms with Gasteiger partial charge in [-0.05, 0) is 35.7 Å². The van der Waals surface area contributed by atoms with Gasteiger partial charge < -0.3 is 0 Å². The number of aryl methyl sites for hydroxylation is 1. The van der Waals surface area contributed by atoms with E-state index >= 15 is 0 Å². The van der Waals surface area contributed by atoms with Gasteiger partial charge in [0.1, 0.15) is 6.20 Å². The molecule has 1 aromatic heterocycles. The van der Waals surface area contributed by atoms with E-state index in [-0.39, 0.29) is 11.4 Å². The molecule has 3 aromatic rings. The van der Waals surface area contributed by atoms with Crippen molar-refractivity contribution in [1.29, 1.82) is 0 Å². The Bertz CT molecular complexity index is 1040. The number of nitro groups is 1. The molecule has 0 spiro atoms. The molecular formula is C19H16BrN5O3. The number of carbonyl (C=O) groups is 1. The maximum atomic E-state index is 12.3. The van der Waals surface area contributed by atoms with E-state index in [0.717, 1.165) is 21.2 Å². The largest absolute Gasteiger partial charge is 0.320 e. The Morgan fingerprint density at radius 2 is 2.00 bits per heavy atom. The van der Waals surface area contributed by atoms with Gasteiger partial charge in [-0.2, -0.15) is 10.2 Å². The first-order valence-electron chi connectivity index (χ1n) is 8.29. The summed E-state index contributed by atoms with van der Waals surface area (Å²) in [5, 5.41) is 19.3. The highest BCUT2D eigenvalue weighted by Gasteiger charge is 2.25. The molecule has 0 radical (unpaired) electrons. The second kappa shape index (κ2) is 8.57. The Morgan fingerprint density at radius 3 is 2.68 bits per heavy atom. The molecule has 1 amide bonds. The van der Waals surface area contributed by atoms with Crippen LogP contribution in [0.3, 0.4) is 0 Å². The highest BCUT2D eigenvalue weighted by molar-refractivity contribution is 9.10. The van der Waals surface area contributed by atoms with Crippen LogP contribution in [0.2, 0.25) is 0 Å². The lowest BCUT2D eigenvalue weighted by Gasteiger charge is -2.01. The van der Waals surface area contributed by atoms with E-state index in [9.17, 15) is 14.9 Å². The molecule has 0 bridgehead atoms. The van der Waals surface area contributed by atoms with E-state index in [1.807, 2.05) is 55.5 Å². The van der Waals surface area contributed by atoms with E-state index in [2.05, 4.69) is 31.6 Å². The van der Waals surface area contributed by atoms with Gasteiger partial charge in [-0.3, -0.25) is 19.6 Å². The van der Waals surface area contributed by atoms with E-state index in [4.69, 9.17) is 0 Å². The van der Waals surface area contributed by atoms with E-state index in [0.29, 0.717) is 6.54 Å². The monoisotopic (exact) mass is 441 g/mol. The number of nitrogens with zero attached hydrogens (tertiary/aromatic N) is 4. The maximum Gasteiger partial charge on any atom is 0.320 e. The predicted molar refractivity (Wildman–Crippen MR) is 108 cm³/mol. The van der Waals surface area contributed by atoms with Crippen molar-refractivity contribution >= 4 is 33.7 Å². The first-order chi connectivity index (χ1) is 13.4. The van der Waals surface area contributed by atoms with Gasteiger partial charge in [0.25, 0.3) is 5.91 Å². The third kappa shape index (κ3) is 4.68. The van der Waals surface area contributed by atoms with Gasteiger partial charge in [-0.25, -0.2) is 5.43 Å². The summed E-state index contributed by atoms with van der Waals surface area (Å²) in [6.45, 7) is 2.21. The van der Waals surface area contributed by atoms with Crippen LogP contribution >= 0.6 is 15.9 Å². The molecule has 0 aliphatic carbocycles. The molecule has 0 atom stereocenters. The summed E-state index contributed by atoms with van der Waals surface area (Å²) in [7, 11) is 0. The van der Waals surface area contributed by atoms with Crippen LogP contribution in [-0.4, -0.2) is 26.8 Å². The summed E-state index contributed by atoms with van der Waals surface area (Å²) in [5.41, 5.74) is 4.35. The van der Waals surface area contributed by atoms with Crippen molar-refractivity contribution in [3.63, 3.8) is 0 Å². The topological polar surface area (TPSA) is 102 Å². The summed E-state index contributed by atoms with van der Waals surface area (Å²) in [5.74, 6) is -0.744. The fraction of sp³-hybridized carbons (Fsp3) is 0.105. The van der Waals surface area contributed by atoms with E-state index < -0.39 is 10.8 Å². The minimum atomic E-state index is -0.744. The Labute approximate surface area is 169 Å². The average Bonchev–Trinajstić information content (AvgIpc) is 3.09. The first kappa shape index (κ1) is 19.4. The lowest BCUT2D eigenvalue weighted by atomic mass is 10.1. The van der Waals surface area contributed by atoms with Gasteiger partial charge in [0, 0.05) is 4.47 Å². The second-order valence-corrected chi connectivity index (χ2v) is 6.92. The number of hydrogen-bond donors (Lipinski definition) is 1. The number of carbonyl (C=O) groups excluding carboxylic acids is 1. The Hall–Kier alpha value is -3.33. The highest BCUT2D eigenvalue weighted by Crippen LogP contribution is 2.18. The number of hydrogen-bond acceptors (Lipinski definition) is 5. The number of amides is 1. The van der Waals surface area contributed by atoms with Crippen LogP contribution in [0.15, 0.2) is 64.3 Å². The van der Waals surface area contributed by atoms with Crippen molar-refractivity contribution in [2.75, 3.05) is 0 Å². The number of halogens is 1. The van der Waals surface area contributed by atoms with Crippen LogP contribution in [0.1, 0.15) is 27.2 Å². The molecule has 2 aromatic carbocycles. The molecule has 1 N–H and O–H groups in total. The van der Waals surface area contributed by atoms with E-state index in [1.54, 1.807) is 0 Å². The summed E-state index contributed by atoms with van der Waals surface area (Å²) in [6, 6.07) is 15.0. The summed E-state index contributed by atoms with van der Waals surface area (Å²) in [6.07, 6.45) is 2.72. The number of rotatable bonds is 6. The fourth-order valence-corrected chi connectivity index (χ4v) is 2.77. The van der Waals surface area contributed by atoms with E-state index in [1.165, 1.54) is 17.1 Å². The average molecular weight is 442 g/mol. The van der Waals surface area contributed by atoms with Gasteiger partial charge in [0.05, 0.1) is 17.7 Å². The highest BCUT2D eigenvalue weighted by atomic mass is 79.9. The van der Waals surface area contributed by atoms with Crippen LogP contribution < -0.4 is 5.43 Å². The summed E-state index contributed by atoms with van der Waals surface area (Å²) in [4.78, 5) is 23.0. The van der Waals surface area contributed by atoms with Crippen molar-refractivity contribution in [1.82, 2.24) is 15.2 Å². The third-order valence-electron chi connectivity index (χ3n) is 3.97. The lowest BCUT2D eigenvalue weighted by Crippen LogP contribution is -2.20. The van der Waals surface area contributed by atoms with Crippen LogP contribution in [0.5, 0.6) is 0 Å². The minimum absolute atomic E-state index is 0.288. The van der Waals surface area contributed by atoms with Crippen molar-refractivity contribution in [2.45, 2.75) is 13.5 Å². The smallest absolute Gasteiger partial charge is 0.265 e. The van der Waals surface area contributed by atoms with Gasteiger partial charge >= 0.3 is 5.69 Å². The molecule has 142 valence electrons. The number of aromatic nitrogens is 2. The molecule has 0 fully saturated rings. The lowest BCUT2D eigenvalue weighted by molar-refractivity contribution is -0.385. The summed E-state index contributed by atoms with van der Waals surface area (Å²) >= 11 is 3.35. The molecule has 0 saturated heterocycles.